The van der Waals surface area contributed by atoms with Crippen molar-refractivity contribution in [2.75, 3.05) is 17.3 Å². The Hall–Kier alpha value is -1.18. The van der Waals surface area contributed by atoms with Crippen LogP contribution in [0.5, 0.6) is 0 Å². The maximum absolute atomic E-state index is 11.7. The fourth-order valence-corrected chi connectivity index (χ4v) is 2.12. The maximum atomic E-state index is 11.7. The third-order valence-electron chi connectivity index (χ3n) is 2.42. The lowest BCUT2D eigenvalue weighted by atomic mass is 10.2. The van der Waals surface area contributed by atoms with Gasteiger partial charge in [0.25, 0.3) is 0 Å². The zero-order valence-electron chi connectivity index (χ0n) is 10.7. The number of carbonyl (C=O) groups excluding carboxylic acids is 1. The van der Waals surface area contributed by atoms with Crippen LogP contribution in [0.1, 0.15) is 12.0 Å². The number of amides is 1. The van der Waals surface area contributed by atoms with Crippen molar-refractivity contribution in [1.29, 1.82) is 0 Å². The first-order valence-electron chi connectivity index (χ1n) is 5.55. The second kappa shape index (κ2) is 6.31. The van der Waals surface area contributed by atoms with Crippen LogP contribution in [-0.4, -0.2) is 37.4 Å². The zero-order valence-corrected chi connectivity index (χ0v) is 12.3. The summed E-state index contributed by atoms with van der Waals surface area (Å²) in [4.78, 5) is 15.6. The number of nitrogens with one attached hydrogen (secondary N) is 1. The van der Waals surface area contributed by atoms with E-state index in [0.717, 1.165) is 11.8 Å². The molecule has 1 atom stereocenters. The summed E-state index contributed by atoms with van der Waals surface area (Å²) >= 11 is 5.76. The van der Waals surface area contributed by atoms with Crippen LogP contribution in [0.25, 0.3) is 0 Å². The Kier molecular flexibility index (Phi) is 5.28. The smallest absolute Gasteiger partial charge is 0.241 e. The monoisotopic (exact) mass is 305 g/mol. The van der Waals surface area contributed by atoms with Crippen molar-refractivity contribution >= 4 is 33.0 Å². The van der Waals surface area contributed by atoms with Gasteiger partial charge in [-0.3, -0.25) is 4.79 Å². The first-order chi connectivity index (χ1) is 8.69. The highest BCUT2D eigenvalue weighted by Gasteiger charge is 2.16. The molecule has 1 unspecified atom stereocenters. The van der Waals surface area contributed by atoms with Crippen molar-refractivity contribution in [2.24, 2.45) is 5.73 Å². The SMILES string of the molecule is Cc1cc(NC(=O)C(N)CCS(C)(=O)=O)cnc1Cl. The highest BCUT2D eigenvalue weighted by atomic mass is 35.5. The van der Waals surface area contributed by atoms with Gasteiger partial charge in [-0.2, -0.15) is 0 Å². The molecule has 0 radical (unpaired) electrons. The van der Waals surface area contributed by atoms with Crippen molar-refractivity contribution < 1.29 is 13.2 Å². The Balaban J connectivity index is 2.61. The molecule has 0 spiro atoms. The average Bonchev–Trinajstić information content (AvgIpc) is 2.29. The lowest BCUT2D eigenvalue weighted by Crippen LogP contribution is -2.37. The standard InChI is InChI=1S/C11H16ClN3O3S/c1-7-5-8(6-14-10(7)12)15-11(16)9(13)3-4-19(2,17)18/h5-6,9H,3-4,13H2,1-2H3,(H,15,16). The minimum atomic E-state index is -3.13. The fourth-order valence-electron chi connectivity index (χ4n) is 1.33. The zero-order chi connectivity index (χ0) is 14.6. The number of pyridine rings is 1. The molecule has 1 aromatic rings. The van der Waals surface area contributed by atoms with Crippen LogP contribution in [-0.2, 0) is 14.6 Å². The van der Waals surface area contributed by atoms with Crippen LogP contribution in [0.15, 0.2) is 12.3 Å². The molecular weight excluding hydrogens is 290 g/mol. The van der Waals surface area contributed by atoms with E-state index in [1.807, 2.05) is 0 Å². The number of halogens is 1. The van der Waals surface area contributed by atoms with Crippen LogP contribution in [0.2, 0.25) is 5.15 Å². The molecule has 6 nitrogen and oxygen atoms in total. The van der Waals surface area contributed by atoms with Crippen molar-refractivity contribution in [3.8, 4) is 0 Å². The van der Waals surface area contributed by atoms with Gasteiger partial charge in [0.1, 0.15) is 15.0 Å². The van der Waals surface area contributed by atoms with E-state index < -0.39 is 21.8 Å². The second-order valence-electron chi connectivity index (χ2n) is 4.35. The Morgan fingerprint density at radius 3 is 2.74 bits per heavy atom. The van der Waals surface area contributed by atoms with Gasteiger partial charge >= 0.3 is 0 Å². The molecule has 0 aliphatic heterocycles. The van der Waals surface area contributed by atoms with Gasteiger partial charge in [0.2, 0.25) is 5.91 Å². The molecule has 1 aromatic heterocycles. The van der Waals surface area contributed by atoms with E-state index in [2.05, 4.69) is 10.3 Å². The van der Waals surface area contributed by atoms with Gasteiger partial charge < -0.3 is 11.1 Å². The highest BCUT2D eigenvalue weighted by Crippen LogP contribution is 2.16. The summed E-state index contributed by atoms with van der Waals surface area (Å²) in [6, 6.07) is 0.780. The topological polar surface area (TPSA) is 102 Å². The quantitative estimate of drug-likeness (QED) is 0.781. The van der Waals surface area contributed by atoms with Gasteiger partial charge in [-0.15, -0.1) is 0 Å². The first kappa shape index (κ1) is 15.9. The third kappa shape index (κ3) is 5.54. The van der Waals surface area contributed by atoms with Gasteiger partial charge in [0.05, 0.1) is 23.7 Å². The van der Waals surface area contributed by atoms with Crippen LogP contribution in [0, 0.1) is 6.92 Å². The lowest BCUT2D eigenvalue weighted by molar-refractivity contribution is -0.117. The van der Waals surface area contributed by atoms with E-state index >= 15 is 0 Å². The summed E-state index contributed by atoms with van der Waals surface area (Å²) < 4.78 is 22.0. The van der Waals surface area contributed by atoms with E-state index in [-0.39, 0.29) is 12.2 Å². The predicted octanol–water partition coefficient (Wildman–Crippen LogP) is 0.744. The van der Waals surface area contributed by atoms with E-state index in [9.17, 15) is 13.2 Å². The number of sulfone groups is 1. The summed E-state index contributed by atoms with van der Waals surface area (Å²) in [5, 5.41) is 2.93. The van der Waals surface area contributed by atoms with Crippen molar-refractivity contribution in [3.05, 3.63) is 23.0 Å². The van der Waals surface area contributed by atoms with Gasteiger partial charge in [-0.1, -0.05) is 11.6 Å². The summed E-state index contributed by atoms with van der Waals surface area (Å²) in [6.45, 7) is 1.76. The molecule has 0 bridgehead atoms. The van der Waals surface area contributed by atoms with Crippen LogP contribution in [0.3, 0.4) is 0 Å². The van der Waals surface area contributed by atoms with Crippen molar-refractivity contribution in [1.82, 2.24) is 4.98 Å². The second-order valence-corrected chi connectivity index (χ2v) is 6.96. The number of hydrogen-bond donors (Lipinski definition) is 2. The Morgan fingerprint density at radius 2 is 2.21 bits per heavy atom. The number of aromatic nitrogens is 1. The average molecular weight is 306 g/mol. The lowest BCUT2D eigenvalue weighted by Gasteiger charge is -2.12. The largest absolute Gasteiger partial charge is 0.323 e. The number of nitrogens with two attached hydrogens (primary N) is 1. The number of rotatable bonds is 5. The minimum Gasteiger partial charge on any atom is -0.323 e. The maximum Gasteiger partial charge on any atom is 0.241 e. The molecule has 1 heterocycles. The summed E-state index contributed by atoms with van der Waals surface area (Å²) in [5.41, 5.74) is 6.82. The summed E-state index contributed by atoms with van der Waals surface area (Å²) in [5.74, 6) is -0.577. The third-order valence-corrected chi connectivity index (χ3v) is 3.79. The van der Waals surface area contributed by atoms with Gasteiger partial charge in [-0.05, 0) is 25.0 Å². The molecule has 19 heavy (non-hydrogen) atoms. The van der Waals surface area contributed by atoms with Crippen LogP contribution in [0.4, 0.5) is 5.69 Å². The van der Waals surface area contributed by atoms with Gasteiger partial charge in [0, 0.05) is 6.26 Å². The number of nitrogens with zero attached hydrogens (tertiary/aromatic N) is 1. The number of carbonyl (C=O) groups is 1. The van der Waals surface area contributed by atoms with E-state index in [1.54, 1.807) is 13.0 Å². The minimum absolute atomic E-state index is 0.0741. The molecule has 0 saturated heterocycles. The normalized spacial score (nSPS) is 13.1. The van der Waals surface area contributed by atoms with Gasteiger partial charge in [0.15, 0.2) is 0 Å². The van der Waals surface area contributed by atoms with Crippen molar-refractivity contribution in [2.45, 2.75) is 19.4 Å². The highest BCUT2D eigenvalue weighted by molar-refractivity contribution is 7.90. The fraction of sp³-hybridized carbons (Fsp3) is 0.455. The molecule has 0 aliphatic carbocycles. The van der Waals surface area contributed by atoms with Crippen LogP contribution >= 0.6 is 11.6 Å². The first-order valence-corrected chi connectivity index (χ1v) is 7.99. The Bertz CT molecular complexity index is 575. The molecule has 106 valence electrons. The van der Waals surface area contributed by atoms with Gasteiger partial charge in [-0.25, -0.2) is 13.4 Å². The van der Waals surface area contributed by atoms with E-state index in [0.29, 0.717) is 10.8 Å². The molecule has 8 heteroatoms. The Morgan fingerprint density at radius 1 is 1.58 bits per heavy atom. The Labute approximate surface area is 117 Å². The van der Waals surface area contributed by atoms with Crippen LogP contribution < -0.4 is 11.1 Å². The summed E-state index contributed by atoms with van der Waals surface area (Å²) in [7, 11) is -3.13. The summed E-state index contributed by atoms with van der Waals surface area (Å²) in [6.07, 6.45) is 2.59. The predicted molar refractivity (Wildman–Crippen MR) is 74.9 cm³/mol. The number of aryl methyl sites for hydroxylation is 1. The van der Waals surface area contributed by atoms with Crippen molar-refractivity contribution in [3.63, 3.8) is 0 Å². The molecule has 3 N–H and O–H groups in total. The van der Waals surface area contributed by atoms with E-state index in [1.165, 1.54) is 6.20 Å². The number of hydrogen-bond acceptors (Lipinski definition) is 5. The number of anilines is 1. The molecule has 0 saturated carbocycles. The molecular formula is C11H16ClN3O3S. The molecule has 0 aromatic carbocycles. The molecule has 1 amide bonds. The molecule has 0 fully saturated rings. The molecule has 0 aliphatic rings. The van der Waals surface area contributed by atoms with E-state index in [4.69, 9.17) is 17.3 Å². The molecule has 1 rings (SSSR count).